The van der Waals surface area contributed by atoms with Gasteiger partial charge in [-0.15, -0.1) is 0 Å². The molecule has 0 unspecified atom stereocenters. The van der Waals surface area contributed by atoms with E-state index in [0.717, 1.165) is 11.1 Å². The normalized spacial score (nSPS) is 20.6. The Bertz CT molecular complexity index is 736. The molecular formula is C19H20F2N2O2. The van der Waals surface area contributed by atoms with Crippen molar-refractivity contribution >= 4 is 5.91 Å². The SMILES string of the molecule is NC(=O)[C@@H]1C[C@H](F)CN1Cc1ccc(OCc2cccc(F)c2)cc1. The molecule has 0 aliphatic carbocycles. The first-order valence-corrected chi connectivity index (χ1v) is 8.15. The number of nitrogens with zero attached hydrogens (tertiary/aromatic N) is 1. The highest BCUT2D eigenvalue weighted by molar-refractivity contribution is 5.80. The van der Waals surface area contributed by atoms with Crippen LogP contribution in [-0.2, 0) is 17.9 Å². The molecule has 1 heterocycles. The van der Waals surface area contributed by atoms with Crippen LogP contribution in [0.15, 0.2) is 48.5 Å². The maximum Gasteiger partial charge on any atom is 0.234 e. The van der Waals surface area contributed by atoms with E-state index in [9.17, 15) is 13.6 Å². The number of benzene rings is 2. The first-order chi connectivity index (χ1) is 12.0. The van der Waals surface area contributed by atoms with E-state index in [4.69, 9.17) is 10.5 Å². The van der Waals surface area contributed by atoms with Crippen LogP contribution >= 0.6 is 0 Å². The molecule has 0 saturated carbocycles. The van der Waals surface area contributed by atoms with Crippen molar-refractivity contribution in [2.75, 3.05) is 6.54 Å². The fourth-order valence-corrected chi connectivity index (χ4v) is 3.04. The number of nitrogens with two attached hydrogens (primary N) is 1. The summed E-state index contributed by atoms with van der Waals surface area (Å²) in [5.74, 6) is -0.128. The topological polar surface area (TPSA) is 55.6 Å². The van der Waals surface area contributed by atoms with Crippen LogP contribution in [0.3, 0.4) is 0 Å². The van der Waals surface area contributed by atoms with E-state index in [1.165, 1.54) is 12.1 Å². The molecule has 0 bridgehead atoms. The van der Waals surface area contributed by atoms with Crippen LogP contribution in [0.25, 0.3) is 0 Å². The molecular weight excluding hydrogens is 326 g/mol. The molecule has 4 nitrogen and oxygen atoms in total. The summed E-state index contributed by atoms with van der Waals surface area (Å²) in [6.45, 7) is 0.945. The van der Waals surface area contributed by atoms with Gasteiger partial charge in [0, 0.05) is 19.5 Å². The van der Waals surface area contributed by atoms with Gasteiger partial charge < -0.3 is 10.5 Å². The molecule has 1 amide bonds. The van der Waals surface area contributed by atoms with E-state index in [1.807, 2.05) is 12.1 Å². The number of carbonyl (C=O) groups excluding carboxylic acids is 1. The van der Waals surface area contributed by atoms with E-state index in [1.54, 1.807) is 29.2 Å². The van der Waals surface area contributed by atoms with Crippen LogP contribution in [-0.4, -0.2) is 29.6 Å². The highest BCUT2D eigenvalue weighted by Crippen LogP contribution is 2.23. The van der Waals surface area contributed by atoms with Gasteiger partial charge in [-0.2, -0.15) is 0 Å². The predicted molar refractivity (Wildman–Crippen MR) is 90.1 cm³/mol. The van der Waals surface area contributed by atoms with Gasteiger partial charge in [-0.1, -0.05) is 24.3 Å². The number of likely N-dealkylation sites (tertiary alicyclic amines) is 1. The molecule has 6 heteroatoms. The number of primary amides is 1. The third kappa shape index (κ3) is 4.54. The van der Waals surface area contributed by atoms with Crippen molar-refractivity contribution in [3.8, 4) is 5.75 Å². The molecule has 2 aromatic rings. The van der Waals surface area contributed by atoms with Crippen LogP contribution in [0.5, 0.6) is 5.75 Å². The molecule has 1 aliphatic heterocycles. The van der Waals surface area contributed by atoms with Gasteiger partial charge in [0.15, 0.2) is 0 Å². The first kappa shape index (κ1) is 17.4. The lowest BCUT2D eigenvalue weighted by Gasteiger charge is -2.21. The Balaban J connectivity index is 1.58. The summed E-state index contributed by atoms with van der Waals surface area (Å²) < 4.78 is 32.3. The minimum Gasteiger partial charge on any atom is -0.489 e. The van der Waals surface area contributed by atoms with Crippen LogP contribution in [0, 0.1) is 5.82 Å². The number of ether oxygens (including phenoxy) is 1. The fraction of sp³-hybridized carbons (Fsp3) is 0.316. The average molecular weight is 346 g/mol. The van der Waals surface area contributed by atoms with Crippen molar-refractivity contribution in [3.05, 3.63) is 65.5 Å². The van der Waals surface area contributed by atoms with Crippen LogP contribution in [0.2, 0.25) is 0 Å². The summed E-state index contributed by atoms with van der Waals surface area (Å²) in [5, 5.41) is 0. The van der Waals surface area contributed by atoms with Gasteiger partial charge in [-0.25, -0.2) is 8.78 Å². The molecule has 132 valence electrons. The molecule has 3 rings (SSSR count). The van der Waals surface area contributed by atoms with Gasteiger partial charge in [0.1, 0.15) is 24.3 Å². The van der Waals surface area contributed by atoms with Crippen molar-refractivity contribution in [2.24, 2.45) is 5.73 Å². The Morgan fingerprint density at radius 1 is 1.20 bits per heavy atom. The number of hydrogen-bond donors (Lipinski definition) is 1. The standard InChI is InChI=1S/C19H20F2N2O2/c20-15-3-1-2-14(8-15)12-25-17-6-4-13(5-7-17)10-23-11-16(21)9-18(23)19(22)24/h1-8,16,18H,9-12H2,(H2,22,24)/t16-,18-/m0/s1. The summed E-state index contributed by atoms with van der Waals surface area (Å²) in [5.41, 5.74) is 7.03. The second-order valence-corrected chi connectivity index (χ2v) is 6.24. The number of rotatable bonds is 6. The van der Waals surface area contributed by atoms with Crippen LogP contribution in [0.4, 0.5) is 8.78 Å². The van der Waals surface area contributed by atoms with Crippen molar-refractivity contribution < 1.29 is 18.3 Å². The zero-order valence-corrected chi connectivity index (χ0v) is 13.7. The molecule has 25 heavy (non-hydrogen) atoms. The number of halogens is 2. The second-order valence-electron chi connectivity index (χ2n) is 6.24. The Morgan fingerprint density at radius 3 is 2.64 bits per heavy atom. The Kier molecular flexibility index (Phi) is 5.28. The zero-order chi connectivity index (χ0) is 17.8. The minimum absolute atomic E-state index is 0.157. The molecule has 2 atom stereocenters. The highest BCUT2D eigenvalue weighted by Gasteiger charge is 2.35. The lowest BCUT2D eigenvalue weighted by Crippen LogP contribution is -2.39. The third-order valence-electron chi connectivity index (χ3n) is 4.28. The molecule has 1 fully saturated rings. The van der Waals surface area contributed by atoms with Gasteiger partial charge in [-0.05, 0) is 35.4 Å². The Morgan fingerprint density at radius 2 is 1.96 bits per heavy atom. The molecule has 0 spiro atoms. The highest BCUT2D eigenvalue weighted by atomic mass is 19.1. The van der Waals surface area contributed by atoms with Gasteiger partial charge in [-0.3, -0.25) is 9.69 Å². The maximum absolute atomic E-state index is 13.5. The summed E-state index contributed by atoms with van der Waals surface area (Å²) in [6, 6.07) is 13.0. The molecule has 1 saturated heterocycles. The van der Waals surface area contributed by atoms with Crippen LogP contribution < -0.4 is 10.5 Å². The van der Waals surface area contributed by atoms with Crippen molar-refractivity contribution in [1.29, 1.82) is 0 Å². The van der Waals surface area contributed by atoms with Crippen LogP contribution in [0.1, 0.15) is 17.5 Å². The Hall–Kier alpha value is -2.47. The molecule has 1 aliphatic rings. The maximum atomic E-state index is 13.5. The smallest absolute Gasteiger partial charge is 0.234 e. The summed E-state index contributed by atoms with van der Waals surface area (Å²) in [4.78, 5) is 13.2. The van der Waals surface area contributed by atoms with Crippen molar-refractivity contribution in [3.63, 3.8) is 0 Å². The number of amides is 1. The second kappa shape index (κ2) is 7.61. The summed E-state index contributed by atoms with van der Waals surface area (Å²) >= 11 is 0. The summed E-state index contributed by atoms with van der Waals surface area (Å²) in [6.07, 6.45) is -0.865. The third-order valence-corrected chi connectivity index (χ3v) is 4.28. The average Bonchev–Trinajstić information content (AvgIpc) is 2.95. The Labute approximate surface area is 145 Å². The van der Waals surface area contributed by atoms with E-state index < -0.39 is 18.1 Å². The van der Waals surface area contributed by atoms with E-state index in [-0.39, 0.29) is 25.4 Å². The van der Waals surface area contributed by atoms with Gasteiger partial charge in [0.25, 0.3) is 0 Å². The van der Waals surface area contributed by atoms with Crippen molar-refractivity contribution in [1.82, 2.24) is 4.90 Å². The quantitative estimate of drug-likeness (QED) is 0.875. The lowest BCUT2D eigenvalue weighted by molar-refractivity contribution is -0.122. The number of carbonyl (C=O) groups is 1. The van der Waals surface area contributed by atoms with Crippen molar-refractivity contribution in [2.45, 2.75) is 31.8 Å². The van der Waals surface area contributed by atoms with Gasteiger partial charge in [0.05, 0.1) is 6.04 Å². The largest absolute Gasteiger partial charge is 0.489 e. The molecule has 2 N–H and O–H groups in total. The molecule has 0 radical (unpaired) electrons. The summed E-state index contributed by atoms with van der Waals surface area (Å²) in [7, 11) is 0. The van der Waals surface area contributed by atoms with E-state index in [2.05, 4.69) is 0 Å². The van der Waals surface area contributed by atoms with E-state index in [0.29, 0.717) is 12.3 Å². The van der Waals surface area contributed by atoms with Gasteiger partial charge in [0.2, 0.25) is 5.91 Å². The molecule has 2 aromatic carbocycles. The first-order valence-electron chi connectivity index (χ1n) is 8.15. The lowest BCUT2D eigenvalue weighted by atomic mass is 10.1. The number of hydrogen-bond acceptors (Lipinski definition) is 3. The molecule has 0 aromatic heterocycles. The van der Waals surface area contributed by atoms with E-state index >= 15 is 0 Å². The fourth-order valence-electron chi connectivity index (χ4n) is 3.04. The zero-order valence-electron chi connectivity index (χ0n) is 13.7. The minimum atomic E-state index is -1.02. The van der Waals surface area contributed by atoms with Gasteiger partial charge >= 0.3 is 0 Å². The predicted octanol–water partition coefficient (Wildman–Crippen LogP) is 2.80. The number of alkyl halides is 1. The monoisotopic (exact) mass is 346 g/mol.